The fourth-order valence-corrected chi connectivity index (χ4v) is 3.61. The first-order valence-corrected chi connectivity index (χ1v) is 10.3. The zero-order chi connectivity index (χ0) is 22.2. The number of hydrogen-bond acceptors (Lipinski definition) is 6. The van der Waals surface area contributed by atoms with Gasteiger partial charge < -0.3 is 14.6 Å². The van der Waals surface area contributed by atoms with E-state index < -0.39 is 5.60 Å². The van der Waals surface area contributed by atoms with Crippen LogP contribution in [0.5, 0.6) is 0 Å². The summed E-state index contributed by atoms with van der Waals surface area (Å²) >= 11 is 0. The summed E-state index contributed by atoms with van der Waals surface area (Å²) < 4.78 is 20.1. The van der Waals surface area contributed by atoms with Crippen molar-refractivity contribution in [3.63, 3.8) is 0 Å². The number of halogens is 1. The SMILES string of the molecule is CC(C)(C)OC(=O)N1CCC(c2nc3c(nnn3Cc3ccc(F)cc3)c(=O)[nH]2)CC1. The molecule has 1 fully saturated rings. The molecule has 9 nitrogen and oxygen atoms in total. The Morgan fingerprint density at radius 2 is 1.90 bits per heavy atom. The van der Waals surface area contributed by atoms with Crippen LogP contribution in [0.2, 0.25) is 0 Å². The highest BCUT2D eigenvalue weighted by molar-refractivity contribution is 5.69. The van der Waals surface area contributed by atoms with E-state index in [9.17, 15) is 14.0 Å². The number of benzene rings is 1. The number of aromatic amines is 1. The molecule has 0 unspecified atom stereocenters. The van der Waals surface area contributed by atoms with Crippen LogP contribution in [0.3, 0.4) is 0 Å². The molecule has 0 radical (unpaired) electrons. The molecular formula is C21H25FN6O3. The maximum atomic E-state index is 13.2. The summed E-state index contributed by atoms with van der Waals surface area (Å²) in [6.45, 7) is 6.88. The van der Waals surface area contributed by atoms with Gasteiger partial charge in [-0.15, -0.1) is 5.10 Å². The number of rotatable bonds is 3. The van der Waals surface area contributed by atoms with Crippen LogP contribution in [-0.4, -0.2) is 54.6 Å². The Hall–Kier alpha value is -3.30. The lowest BCUT2D eigenvalue weighted by molar-refractivity contribution is 0.0203. The van der Waals surface area contributed by atoms with E-state index in [4.69, 9.17) is 4.74 Å². The summed E-state index contributed by atoms with van der Waals surface area (Å²) in [5.41, 5.74) is 0.485. The van der Waals surface area contributed by atoms with Crippen molar-refractivity contribution in [1.82, 2.24) is 29.9 Å². The number of amides is 1. The number of carbonyl (C=O) groups excluding carboxylic acids is 1. The van der Waals surface area contributed by atoms with Gasteiger partial charge in [-0.1, -0.05) is 17.3 Å². The summed E-state index contributed by atoms with van der Waals surface area (Å²) in [4.78, 5) is 33.9. The van der Waals surface area contributed by atoms with E-state index in [-0.39, 0.29) is 28.9 Å². The second kappa shape index (κ2) is 8.09. The standard InChI is InChI=1S/C21H25FN6O3/c1-21(2,3)31-20(30)27-10-8-14(9-11-27)17-23-18-16(19(29)24-17)25-26-28(18)12-13-4-6-15(22)7-5-13/h4-7,14H,8-12H2,1-3H3,(H,23,24,29). The van der Waals surface area contributed by atoms with E-state index in [1.54, 1.807) is 17.0 Å². The average molecular weight is 428 g/mol. The smallest absolute Gasteiger partial charge is 0.410 e. The predicted octanol–water partition coefficient (Wildman–Crippen LogP) is 2.82. The molecule has 164 valence electrons. The van der Waals surface area contributed by atoms with Gasteiger partial charge in [0.25, 0.3) is 5.56 Å². The number of ether oxygens (including phenoxy) is 1. The molecule has 4 rings (SSSR count). The fraction of sp³-hybridized carbons (Fsp3) is 0.476. The third kappa shape index (κ3) is 4.73. The lowest BCUT2D eigenvalue weighted by atomic mass is 9.96. The molecule has 1 aliphatic heterocycles. The van der Waals surface area contributed by atoms with Gasteiger partial charge in [-0.05, 0) is 51.3 Å². The van der Waals surface area contributed by atoms with Crippen LogP contribution in [0.15, 0.2) is 29.1 Å². The van der Waals surface area contributed by atoms with Gasteiger partial charge in [0.1, 0.15) is 17.2 Å². The van der Waals surface area contributed by atoms with E-state index in [1.165, 1.54) is 16.8 Å². The van der Waals surface area contributed by atoms with Crippen molar-refractivity contribution >= 4 is 17.3 Å². The molecule has 1 aromatic carbocycles. The Balaban J connectivity index is 1.52. The lowest BCUT2D eigenvalue weighted by Gasteiger charge is -2.33. The number of aromatic nitrogens is 5. The molecule has 1 aliphatic rings. The van der Waals surface area contributed by atoms with Crippen LogP contribution in [0.4, 0.5) is 9.18 Å². The minimum atomic E-state index is -0.540. The van der Waals surface area contributed by atoms with Gasteiger partial charge in [0.2, 0.25) is 0 Å². The van der Waals surface area contributed by atoms with Gasteiger partial charge in [0, 0.05) is 19.0 Å². The maximum absolute atomic E-state index is 13.2. The van der Waals surface area contributed by atoms with Gasteiger partial charge in [-0.2, -0.15) is 0 Å². The molecule has 0 saturated carbocycles. The first-order valence-electron chi connectivity index (χ1n) is 10.3. The van der Waals surface area contributed by atoms with Crippen molar-refractivity contribution in [2.45, 2.75) is 51.7 Å². The molecule has 0 bridgehead atoms. The molecule has 2 aromatic heterocycles. The number of fused-ring (bicyclic) bond motifs is 1. The van der Waals surface area contributed by atoms with Gasteiger partial charge in [-0.25, -0.2) is 18.9 Å². The normalized spacial score (nSPS) is 15.4. The summed E-state index contributed by atoms with van der Waals surface area (Å²) in [5.74, 6) is 0.246. The van der Waals surface area contributed by atoms with E-state index in [2.05, 4.69) is 20.3 Å². The van der Waals surface area contributed by atoms with Gasteiger partial charge in [0.15, 0.2) is 11.2 Å². The van der Waals surface area contributed by atoms with Gasteiger partial charge in [0.05, 0.1) is 6.54 Å². The quantitative estimate of drug-likeness (QED) is 0.688. The fourth-order valence-electron chi connectivity index (χ4n) is 3.61. The lowest BCUT2D eigenvalue weighted by Crippen LogP contribution is -2.41. The van der Waals surface area contributed by atoms with Crippen LogP contribution < -0.4 is 5.56 Å². The van der Waals surface area contributed by atoms with Crippen molar-refractivity contribution in [1.29, 1.82) is 0 Å². The largest absolute Gasteiger partial charge is 0.444 e. The Morgan fingerprint density at radius 3 is 2.55 bits per heavy atom. The highest BCUT2D eigenvalue weighted by Crippen LogP contribution is 2.26. The maximum Gasteiger partial charge on any atom is 0.410 e. The zero-order valence-corrected chi connectivity index (χ0v) is 17.8. The third-order valence-corrected chi connectivity index (χ3v) is 5.17. The molecule has 3 aromatic rings. The molecule has 1 amide bonds. The van der Waals surface area contributed by atoms with E-state index >= 15 is 0 Å². The van der Waals surface area contributed by atoms with Crippen molar-refractivity contribution in [2.24, 2.45) is 0 Å². The summed E-state index contributed by atoms with van der Waals surface area (Å²) in [7, 11) is 0. The Morgan fingerprint density at radius 1 is 1.23 bits per heavy atom. The summed E-state index contributed by atoms with van der Waals surface area (Å²) in [6.07, 6.45) is 0.991. The van der Waals surface area contributed by atoms with Gasteiger partial charge >= 0.3 is 6.09 Å². The number of hydrogen-bond donors (Lipinski definition) is 1. The highest BCUT2D eigenvalue weighted by atomic mass is 19.1. The summed E-state index contributed by atoms with van der Waals surface area (Å²) in [5, 5.41) is 8.00. The molecule has 10 heteroatoms. The van der Waals surface area contributed by atoms with E-state index in [1.807, 2.05) is 20.8 Å². The zero-order valence-electron chi connectivity index (χ0n) is 17.8. The van der Waals surface area contributed by atoms with Crippen LogP contribution in [0.25, 0.3) is 11.2 Å². The average Bonchev–Trinajstić information content (AvgIpc) is 3.12. The second-order valence-electron chi connectivity index (χ2n) is 8.74. The van der Waals surface area contributed by atoms with Crippen LogP contribution in [0.1, 0.15) is 50.9 Å². The molecule has 31 heavy (non-hydrogen) atoms. The topological polar surface area (TPSA) is 106 Å². The van der Waals surface area contributed by atoms with Crippen LogP contribution in [-0.2, 0) is 11.3 Å². The minimum absolute atomic E-state index is 0.00459. The second-order valence-corrected chi connectivity index (χ2v) is 8.74. The van der Waals surface area contributed by atoms with Gasteiger partial charge in [-0.3, -0.25) is 4.79 Å². The van der Waals surface area contributed by atoms with E-state index in [0.29, 0.717) is 43.9 Å². The Kier molecular flexibility index (Phi) is 5.47. The number of nitrogens with zero attached hydrogens (tertiary/aromatic N) is 5. The predicted molar refractivity (Wildman–Crippen MR) is 111 cm³/mol. The molecular weight excluding hydrogens is 403 g/mol. The number of carbonyl (C=O) groups is 1. The first-order chi connectivity index (χ1) is 14.7. The minimum Gasteiger partial charge on any atom is -0.444 e. The van der Waals surface area contributed by atoms with Crippen molar-refractivity contribution < 1.29 is 13.9 Å². The molecule has 1 N–H and O–H groups in total. The number of H-pyrrole nitrogens is 1. The molecule has 3 heterocycles. The van der Waals surface area contributed by atoms with Crippen LogP contribution >= 0.6 is 0 Å². The first kappa shape index (κ1) is 21.0. The van der Waals surface area contributed by atoms with E-state index in [0.717, 1.165) is 5.56 Å². The van der Waals surface area contributed by atoms with Crippen molar-refractivity contribution in [3.8, 4) is 0 Å². The van der Waals surface area contributed by atoms with Crippen LogP contribution in [0, 0.1) is 5.82 Å². The number of likely N-dealkylation sites (tertiary alicyclic amines) is 1. The Labute approximate surface area is 178 Å². The number of nitrogens with one attached hydrogen (secondary N) is 1. The third-order valence-electron chi connectivity index (χ3n) is 5.17. The molecule has 0 atom stereocenters. The molecule has 0 aliphatic carbocycles. The summed E-state index contributed by atoms with van der Waals surface area (Å²) in [6, 6.07) is 6.06. The highest BCUT2D eigenvalue weighted by Gasteiger charge is 2.29. The molecule has 0 spiro atoms. The Bertz CT molecular complexity index is 1140. The monoisotopic (exact) mass is 428 g/mol. The van der Waals surface area contributed by atoms with Crippen molar-refractivity contribution in [2.75, 3.05) is 13.1 Å². The van der Waals surface area contributed by atoms with Crippen molar-refractivity contribution in [3.05, 3.63) is 51.8 Å². The molecule has 1 saturated heterocycles. The number of piperidine rings is 1.